The van der Waals surface area contributed by atoms with Gasteiger partial charge in [-0.2, -0.15) is 0 Å². The summed E-state index contributed by atoms with van der Waals surface area (Å²) in [4.78, 5) is 17.5. The number of amides is 1. The van der Waals surface area contributed by atoms with Crippen LogP contribution in [0.3, 0.4) is 0 Å². The summed E-state index contributed by atoms with van der Waals surface area (Å²) >= 11 is 0. The number of carbonyl (C=O) groups excluding carboxylic acids is 1. The molecule has 0 fully saturated rings. The van der Waals surface area contributed by atoms with Gasteiger partial charge in [0.15, 0.2) is 0 Å². The molecule has 0 aliphatic heterocycles. The second-order valence-electron chi connectivity index (χ2n) is 5.77. The Morgan fingerprint density at radius 1 is 1.21 bits per heavy atom. The minimum absolute atomic E-state index is 0.0255. The number of para-hydroxylation sites is 1. The molecule has 0 unspecified atom stereocenters. The molecule has 0 bridgehead atoms. The average Bonchev–Trinajstić information content (AvgIpc) is 2.64. The van der Waals surface area contributed by atoms with Crippen molar-refractivity contribution in [3.05, 3.63) is 47.2 Å². The number of unbranched alkanes of at least 4 members (excludes halogenated alkanes) is 2. The van der Waals surface area contributed by atoms with Gasteiger partial charge in [-0.15, -0.1) is 0 Å². The van der Waals surface area contributed by atoms with Crippen LogP contribution in [0.5, 0.6) is 0 Å². The summed E-state index contributed by atoms with van der Waals surface area (Å²) < 4.78 is 0. The molecule has 128 valence electrons. The molecule has 0 radical (unpaired) electrons. The Balaban J connectivity index is 0.00000100. The van der Waals surface area contributed by atoms with Crippen molar-refractivity contribution in [2.45, 2.75) is 52.9 Å². The van der Waals surface area contributed by atoms with E-state index in [1.807, 2.05) is 38.1 Å². The van der Waals surface area contributed by atoms with Crippen LogP contribution in [0, 0.1) is 0 Å². The van der Waals surface area contributed by atoms with Gasteiger partial charge in [-0.1, -0.05) is 64.0 Å². The van der Waals surface area contributed by atoms with Gasteiger partial charge in [-0.3, -0.25) is 9.78 Å². The summed E-state index contributed by atoms with van der Waals surface area (Å²) in [7, 11) is 0. The van der Waals surface area contributed by atoms with Gasteiger partial charge in [-0.25, -0.2) is 0 Å². The lowest BCUT2D eigenvalue weighted by Gasteiger charge is -2.17. The fraction of sp³-hybridized carbons (Fsp3) is 0.429. The van der Waals surface area contributed by atoms with E-state index in [2.05, 4.69) is 24.4 Å². The van der Waals surface area contributed by atoms with E-state index in [0.29, 0.717) is 0 Å². The maximum absolute atomic E-state index is 12.7. The molecule has 1 amide bonds. The number of allylic oxidation sites excluding steroid dienone is 1. The molecule has 1 heterocycles. The van der Waals surface area contributed by atoms with Crippen molar-refractivity contribution in [1.29, 1.82) is 0 Å². The van der Waals surface area contributed by atoms with Gasteiger partial charge in [0.25, 0.3) is 5.91 Å². The third-order valence-corrected chi connectivity index (χ3v) is 4.13. The second kappa shape index (κ2) is 9.21. The predicted molar refractivity (Wildman–Crippen MR) is 102 cm³/mol. The number of fused-ring (bicyclic) bond motifs is 2. The molecule has 0 saturated carbocycles. The molecule has 0 spiro atoms. The molecule has 3 heteroatoms. The highest BCUT2D eigenvalue weighted by molar-refractivity contribution is 6.09. The third kappa shape index (κ3) is 4.02. The number of carbonyl (C=O) groups is 1. The molecule has 24 heavy (non-hydrogen) atoms. The fourth-order valence-corrected chi connectivity index (χ4v) is 2.98. The van der Waals surface area contributed by atoms with Crippen molar-refractivity contribution in [3.63, 3.8) is 0 Å². The van der Waals surface area contributed by atoms with Crippen LogP contribution < -0.4 is 5.32 Å². The molecular weight excluding hydrogens is 296 g/mol. The van der Waals surface area contributed by atoms with E-state index in [-0.39, 0.29) is 5.91 Å². The van der Waals surface area contributed by atoms with Crippen LogP contribution in [0.2, 0.25) is 0 Å². The van der Waals surface area contributed by atoms with E-state index in [1.54, 1.807) is 0 Å². The van der Waals surface area contributed by atoms with Crippen molar-refractivity contribution in [2.24, 2.45) is 0 Å². The number of pyridine rings is 1. The first-order valence-electron chi connectivity index (χ1n) is 9.17. The van der Waals surface area contributed by atoms with Crippen LogP contribution >= 0.6 is 0 Å². The normalized spacial score (nSPS) is 12.3. The van der Waals surface area contributed by atoms with E-state index in [0.717, 1.165) is 66.4 Å². The lowest BCUT2D eigenvalue weighted by Crippen LogP contribution is -2.26. The number of hydrogen-bond donors (Lipinski definition) is 1. The van der Waals surface area contributed by atoms with Gasteiger partial charge in [0.05, 0.1) is 11.1 Å². The van der Waals surface area contributed by atoms with Crippen LogP contribution in [-0.4, -0.2) is 17.4 Å². The lowest BCUT2D eigenvalue weighted by atomic mass is 9.94. The van der Waals surface area contributed by atoms with E-state index in [9.17, 15) is 4.79 Å². The van der Waals surface area contributed by atoms with E-state index < -0.39 is 0 Å². The molecular formula is C21H28N2O. The third-order valence-electron chi connectivity index (χ3n) is 4.13. The standard InChI is InChI=1S/C19H22N2O.C2H6/c1-2-3-8-13-20-19(22)18-14-9-4-6-11-16(14)21-17-12-7-5-10-15(17)18;1-2/h4-6,9-11H,2-3,7-8,12-13H2,1H3,(H,20,22);1-2H3. The summed E-state index contributed by atoms with van der Waals surface area (Å²) in [6, 6.07) is 7.92. The zero-order valence-corrected chi connectivity index (χ0v) is 15.1. The van der Waals surface area contributed by atoms with Crippen molar-refractivity contribution in [3.8, 4) is 0 Å². The molecule has 0 atom stereocenters. The molecule has 3 nitrogen and oxygen atoms in total. The molecule has 0 saturated heterocycles. The first-order valence-corrected chi connectivity index (χ1v) is 9.17. The Hall–Kier alpha value is -2.16. The van der Waals surface area contributed by atoms with Gasteiger partial charge in [0, 0.05) is 23.2 Å². The minimum atomic E-state index is 0.0255. The summed E-state index contributed by atoms with van der Waals surface area (Å²) in [5, 5.41) is 4.02. The van der Waals surface area contributed by atoms with Crippen LogP contribution in [-0.2, 0) is 6.42 Å². The summed E-state index contributed by atoms with van der Waals surface area (Å²) in [6.45, 7) is 6.90. The molecule has 2 aromatic rings. The fourth-order valence-electron chi connectivity index (χ4n) is 2.98. The smallest absolute Gasteiger partial charge is 0.252 e. The second-order valence-corrected chi connectivity index (χ2v) is 5.77. The number of aromatic nitrogens is 1. The zero-order chi connectivity index (χ0) is 17.4. The van der Waals surface area contributed by atoms with Crippen molar-refractivity contribution >= 4 is 22.9 Å². The largest absolute Gasteiger partial charge is 0.352 e. The van der Waals surface area contributed by atoms with Gasteiger partial charge in [0.1, 0.15) is 0 Å². The van der Waals surface area contributed by atoms with Crippen LogP contribution in [0.25, 0.3) is 17.0 Å². The van der Waals surface area contributed by atoms with Crippen LogP contribution in [0.15, 0.2) is 30.3 Å². The predicted octanol–water partition coefficient (Wildman–Crippen LogP) is 5.14. The molecule has 1 aliphatic carbocycles. The Bertz CT molecular complexity index is 719. The molecule has 3 rings (SSSR count). The summed E-state index contributed by atoms with van der Waals surface area (Å²) in [5.41, 5.74) is 3.74. The summed E-state index contributed by atoms with van der Waals surface area (Å²) in [5.74, 6) is 0.0255. The number of benzene rings is 1. The first-order chi connectivity index (χ1) is 11.8. The Morgan fingerprint density at radius 2 is 2.00 bits per heavy atom. The van der Waals surface area contributed by atoms with E-state index in [4.69, 9.17) is 4.98 Å². The van der Waals surface area contributed by atoms with Crippen LogP contribution in [0.4, 0.5) is 0 Å². The van der Waals surface area contributed by atoms with Crippen molar-refractivity contribution in [2.75, 3.05) is 6.54 Å². The van der Waals surface area contributed by atoms with Crippen LogP contribution in [0.1, 0.15) is 68.1 Å². The number of nitrogens with zero attached hydrogens (tertiary/aromatic N) is 1. The maximum Gasteiger partial charge on any atom is 0.252 e. The van der Waals surface area contributed by atoms with E-state index in [1.165, 1.54) is 0 Å². The average molecular weight is 324 g/mol. The monoisotopic (exact) mass is 324 g/mol. The number of rotatable bonds is 5. The zero-order valence-electron chi connectivity index (χ0n) is 15.1. The van der Waals surface area contributed by atoms with E-state index >= 15 is 0 Å². The number of hydrogen-bond acceptors (Lipinski definition) is 2. The molecule has 1 N–H and O–H groups in total. The molecule has 1 aliphatic rings. The van der Waals surface area contributed by atoms with Gasteiger partial charge in [0.2, 0.25) is 0 Å². The Morgan fingerprint density at radius 3 is 2.79 bits per heavy atom. The van der Waals surface area contributed by atoms with Gasteiger partial charge < -0.3 is 5.32 Å². The highest BCUT2D eigenvalue weighted by atomic mass is 16.1. The molecule has 1 aromatic carbocycles. The summed E-state index contributed by atoms with van der Waals surface area (Å²) in [6.07, 6.45) is 9.43. The Kier molecular flexibility index (Phi) is 6.98. The van der Waals surface area contributed by atoms with Crippen molar-refractivity contribution in [1.82, 2.24) is 10.3 Å². The Labute approximate surface area is 145 Å². The SMILES string of the molecule is CC.CCCCCNC(=O)c1c2c(nc3ccccc13)CCC=C2. The van der Waals surface area contributed by atoms with Gasteiger partial charge >= 0.3 is 0 Å². The number of nitrogens with one attached hydrogen (secondary N) is 1. The first kappa shape index (κ1) is 18.2. The minimum Gasteiger partial charge on any atom is -0.352 e. The topological polar surface area (TPSA) is 42.0 Å². The van der Waals surface area contributed by atoms with Gasteiger partial charge in [-0.05, 0) is 25.3 Å². The highest BCUT2D eigenvalue weighted by Gasteiger charge is 2.19. The quantitative estimate of drug-likeness (QED) is 0.774. The highest BCUT2D eigenvalue weighted by Crippen LogP contribution is 2.28. The number of aryl methyl sites for hydroxylation is 1. The van der Waals surface area contributed by atoms with Crippen molar-refractivity contribution < 1.29 is 4.79 Å². The maximum atomic E-state index is 12.7. The lowest BCUT2D eigenvalue weighted by molar-refractivity contribution is 0.0954. The molecule has 1 aromatic heterocycles.